The molecule has 0 fully saturated rings. The van der Waals surface area contributed by atoms with Crippen molar-refractivity contribution < 1.29 is 23.1 Å². The summed E-state index contributed by atoms with van der Waals surface area (Å²) in [7, 11) is -2.62. The summed E-state index contributed by atoms with van der Waals surface area (Å²) >= 11 is 3.23. The molecule has 0 saturated heterocycles. The van der Waals surface area contributed by atoms with Gasteiger partial charge in [0.05, 0.1) is 7.11 Å². The summed E-state index contributed by atoms with van der Waals surface area (Å²) in [5.74, 6) is -1.10. The molecule has 106 valence electrons. The van der Waals surface area contributed by atoms with Crippen molar-refractivity contribution in [2.75, 3.05) is 7.11 Å². The zero-order chi connectivity index (χ0) is 14.8. The van der Waals surface area contributed by atoms with Crippen LogP contribution in [-0.2, 0) is 14.8 Å². The van der Waals surface area contributed by atoms with Gasteiger partial charge in [0.15, 0.2) is 0 Å². The largest absolute Gasteiger partial charge is 0.495 e. The summed E-state index contributed by atoms with van der Waals surface area (Å²) in [5.41, 5.74) is 0.807. The van der Waals surface area contributed by atoms with Crippen molar-refractivity contribution in [3.8, 4) is 5.75 Å². The maximum absolute atomic E-state index is 12.1. The van der Waals surface area contributed by atoms with Crippen LogP contribution in [-0.4, -0.2) is 32.6 Å². The number of carbonyl (C=O) groups is 1. The van der Waals surface area contributed by atoms with E-state index in [4.69, 9.17) is 9.84 Å². The average molecular weight is 352 g/mol. The fourth-order valence-corrected chi connectivity index (χ4v) is 3.22. The van der Waals surface area contributed by atoms with Crippen molar-refractivity contribution in [3.63, 3.8) is 0 Å². The molecule has 6 nitrogen and oxygen atoms in total. The van der Waals surface area contributed by atoms with Gasteiger partial charge in [0.1, 0.15) is 16.7 Å². The lowest BCUT2D eigenvalue weighted by Gasteiger charge is -2.14. The third-order valence-electron chi connectivity index (χ3n) is 2.44. The first-order valence-corrected chi connectivity index (χ1v) is 7.56. The fraction of sp³-hybridized carbons (Fsp3) is 0.364. The molecule has 0 amide bonds. The number of methoxy groups -OCH3 is 1. The molecule has 0 aromatic heterocycles. The Kier molecular flexibility index (Phi) is 4.94. The molecule has 0 heterocycles. The first kappa shape index (κ1) is 15.9. The Bertz CT molecular complexity index is 599. The number of aryl methyl sites for hydroxylation is 1. The SMILES string of the molecule is COc1cc(C)c(Br)cc1S(=O)(=O)NC(C)C(=O)O. The van der Waals surface area contributed by atoms with Crippen LogP contribution in [0.1, 0.15) is 12.5 Å². The normalized spacial score (nSPS) is 13.1. The van der Waals surface area contributed by atoms with E-state index in [-0.39, 0.29) is 10.6 Å². The van der Waals surface area contributed by atoms with Crippen molar-refractivity contribution in [1.29, 1.82) is 0 Å². The molecule has 8 heteroatoms. The van der Waals surface area contributed by atoms with Gasteiger partial charge < -0.3 is 9.84 Å². The number of halogens is 1. The molecule has 1 rings (SSSR count). The number of carboxylic acids is 1. The van der Waals surface area contributed by atoms with E-state index in [1.807, 2.05) is 0 Å². The first-order chi connectivity index (χ1) is 8.69. The van der Waals surface area contributed by atoms with Crippen LogP contribution in [0.3, 0.4) is 0 Å². The lowest BCUT2D eigenvalue weighted by molar-refractivity contribution is -0.138. The van der Waals surface area contributed by atoms with Crippen LogP contribution < -0.4 is 9.46 Å². The maximum Gasteiger partial charge on any atom is 0.321 e. The number of rotatable bonds is 5. The highest BCUT2D eigenvalue weighted by atomic mass is 79.9. The zero-order valence-corrected chi connectivity index (χ0v) is 13.0. The third-order valence-corrected chi connectivity index (χ3v) is 4.85. The highest BCUT2D eigenvalue weighted by molar-refractivity contribution is 9.10. The number of hydrogen-bond donors (Lipinski definition) is 2. The average Bonchev–Trinajstić information content (AvgIpc) is 2.31. The highest BCUT2D eigenvalue weighted by Gasteiger charge is 2.25. The number of aliphatic carboxylic acids is 1. The van der Waals surface area contributed by atoms with Gasteiger partial charge in [0.25, 0.3) is 0 Å². The molecule has 0 saturated carbocycles. The molecular formula is C11H14BrNO5S. The quantitative estimate of drug-likeness (QED) is 0.838. The third kappa shape index (κ3) is 3.68. The Hall–Kier alpha value is -1.12. The maximum atomic E-state index is 12.1. The topological polar surface area (TPSA) is 92.7 Å². The minimum absolute atomic E-state index is 0.111. The van der Waals surface area contributed by atoms with Crippen molar-refractivity contribution in [2.24, 2.45) is 0 Å². The molecule has 2 N–H and O–H groups in total. The van der Waals surface area contributed by atoms with Crippen molar-refractivity contribution >= 4 is 31.9 Å². The molecule has 0 bridgehead atoms. The molecule has 0 aliphatic heterocycles. The van der Waals surface area contributed by atoms with Gasteiger partial charge >= 0.3 is 5.97 Å². The van der Waals surface area contributed by atoms with Crippen LogP contribution in [0.5, 0.6) is 5.75 Å². The second-order valence-corrected chi connectivity index (χ2v) is 6.47. The molecule has 1 atom stereocenters. The van der Waals surface area contributed by atoms with Crippen molar-refractivity contribution in [3.05, 3.63) is 22.2 Å². The molecule has 1 unspecified atom stereocenters. The predicted molar refractivity (Wildman–Crippen MR) is 72.9 cm³/mol. The van der Waals surface area contributed by atoms with E-state index in [0.717, 1.165) is 5.56 Å². The summed E-state index contributed by atoms with van der Waals surface area (Å²) in [5, 5.41) is 8.75. The summed E-state index contributed by atoms with van der Waals surface area (Å²) in [6, 6.07) is 1.71. The molecule has 0 spiro atoms. The summed E-state index contributed by atoms with van der Waals surface area (Å²) < 4.78 is 31.9. The molecule has 1 aromatic carbocycles. The van der Waals surface area contributed by atoms with Crippen molar-refractivity contribution in [2.45, 2.75) is 24.8 Å². The van der Waals surface area contributed by atoms with Crippen LogP contribution in [0, 0.1) is 6.92 Å². The van der Waals surface area contributed by atoms with Gasteiger partial charge in [-0.3, -0.25) is 4.79 Å². The Morgan fingerprint density at radius 3 is 2.53 bits per heavy atom. The minimum Gasteiger partial charge on any atom is -0.495 e. The van der Waals surface area contributed by atoms with Gasteiger partial charge in [0, 0.05) is 4.47 Å². The van der Waals surface area contributed by atoms with E-state index >= 15 is 0 Å². The highest BCUT2D eigenvalue weighted by Crippen LogP contribution is 2.30. The Labute approximate surface area is 120 Å². The van der Waals surface area contributed by atoms with Gasteiger partial charge in [-0.05, 0) is 31.5 Å². The molecule has 0 aliphatic rings. The van der Waals surface area contributed by atoms with Gasteiger partial charge in [0.2, 0.25) is 10.0 Å². The molecular weight excluding hydrogens is 338 g/mol. The second-order valence-electron chi connectivity index (χ2n) is 3.93. The number of ether oxygens (including phenoxy) is 1. The van der Waals surface area contributed by atoms with E-state index < -0.39 is 22.0 Å². The van der Waals surface area contributed by atoms with Gasteiger partial charge in [-0.15, -0.1) is 0 Å². The summed E-state index contributed by atoms with van der Waals surface area (Å²) in [4.78, 5) is 10.6. The van der Waals surface area contributed by atoms with Crippen molar-refractivity contribution in [1.82, 2.24) is 4.72 Å². The minimum atomic E-state index is -3.97. The van der Waals surface area contributed by atoms with Gasteiger partial charge in [-0.1, -0.05) is 15.9 Å². The number of nitrogens with one attached hydrogen (secondary N) is 1. The number of sulfonamides is 1. The zero-order valence-electron chi connectivity index (χ0n) is 10.6. The van der Waals surface area contributed by atoms with Crippen LogP contribution in [0.4, 0.5) is 0 Å². The summed E-state index contributed by atoms with van der Waals surface area (Å²) in [6.45, 7) is 3.03. The Morgan fingerprint density at radius 2 is 2.05 bits per heavy atom. The predicted octanol–water partition coefficient (Wildman–Crippen LogP) is 1.52. The van der Waals surface area contributed by atoms with E-state index in [1.54, 1.807) is 13.0 Å². The monoisotopic (exact) mass is 351 g/mol. The lowest BCUT2D eigenvalue weighted by atomic mass is 10.2. The van der Waals surface area contributed by atoms with Crippen LogP contribution in [0.15, 0.2) is 21.5 Å². The summed E-state index contributed by atoms with van der Waals surface area (Å²) in [6.07, 6.45) is 0. The first-order valence-electron chi connectivity index (χ1n) is 5.28. The van der Waals surface area contributed by atoms with E-state index in [9.17, 15) is 13.2 Å². The lowest BCUT2D eigenvalue weighted by Crippen LogP contribution is -2.38. The molecule has 0 aliphatic carbocycles. The van der Waals surface area contributed by atoms with Gasteiger partial charge in [-0.2, -0.15) is 4.72 Å². The van der Waals surface area contributed by atoms with Crippen LogP contribution >= 0.6 is 15.9 Å². The van der Waals surface area contributed by atoms with E-state index in [1.165, 1.54) is 20.1 Å². The van der Waals surface area contributed by atoms with E-state index in [2.05, 4.69) is 20.7 Å². The van der Waals surface area contributed by atoms with Gasteiger partial charge in [-0.25, -0.2) is 8.42 Å². The molecule has 1 aromatic rings. The Balaban J connectivity index is 3.28. The number of hydrogen-bond acceptors (Lipinski definition) is 4. The molecule has 19 heavy (non-hydrogen) atoms. The van der Waals surface area contributed by atoms with E-state index in [0.29, 0.717) is 4.47 Å². The number of benzene rings is 1. The standard InChI is InChI=1S/C11H14BrNO5S/c1-6-4-9(18-3)10(5-8(6)12)19(16,17)13-7(2)11(14)15/h4-5,7,13H,1-3H3,(H,14,15). The van der Waals surface area contributed by atoms with Crippen LogP contribution in [0.25, 0.3) is 0 Å². The smallest absolute Gasteiger partial charge is 0.321 e. The van der Waals surface area contributed by atoms with Crippen LogP contribution in [0.2, 0.25) is 0 Å². The molecule has 0 radical (unpaired) electrons. The fourth-order valence-electron chi connectivity index (χ4n) is 1.35. The number of carboxylic acid groups (broad SMARTS) is 1. The second kappa shape index (κ2) is 5.89. The Morgan fingerprint density at radius 1 is 1.47 bits per heavy atom.